The predicted octanol–water partition coefficient (Wildman–Crippen LogP) is 6.34. The van der Waals surface area contributed by atoms with E-state index in [2.05, 4.69) is 0 Å². The van der Waals surface area contributed by atoms with Crippen LogP contribution in [0.2, 0.25) is 0 Å². The zero-order valence-corrected chi connectivity index (χ0v) is 27.5. The van der Waals surface area contributed by atoms with Gasteiger partial charge < -0.3 is 9.84 Å². The summed E-state index contributed by atoms with van der Waals surface area (Å²) in [5.74, 6) is -5.35. The number of imide groups is 1. The Morgan fingerprint density at radius 2 is 1.59 bits per heavy atom. The van der Waals surface area contributed by atoms with Gasteiger partial charge in [0.05, 0.1) is 35.0 Å². The smallest absolute Gasteiger partial charge is 0.271 e. The molecule has 8 rings (SSSR count). The van der Waals surface area contributed by atoms with Gasteiger partial charge in [-0.3, -0.25) is 29.3 Å². The minimum Gasteiger partial charge on any atom is -0.504 e. The third kappa shape index (κ3) is 4.70. The van der Waals surface area contributed by atoms with E-state index >= 15 is 9.59 Å². The molecule has 10 heteroatoms. The van der Waals surface area contributed by atoms with Gasteiger partial charge in [0.15, 0.2) is 23.1 Å². The molecule has 6 unspecified atom stereocenters. The Bertz CT molecular complexity index is 2210. The number of non-ortho nitro benzene ring substituents is 1. The summed E-state index contributed by atoms with van der Waals surface area (Å²) in [7, 11) is 1.43. The van der Waals surface area contributed by atoms with Crippen molar-refractivity contribution in [3.05, 3.63) is 148 Å². The molecule has 6 atom stereocenters. The summed E-state index contributed by atoms with van der Waals surface area (Å²) in [6, 6.07) is 28.5. The minimum atomic E-state index is -1.43. The fourth-order valence-corrected chi connectivity index (χ4v) is 9.12. The largest absolute Gasteiger partial charge is 0.504 e. The van der Waals surface area contributed by atoms with Crippen molar-refractivity contribution in [1.82, 2.24) is 0 Å². The van der Waals surface area contributed by atoms with Crippen LogP contribution in [-0.2, 0) is 24.6 Å². The van der Waals surface area contributed by atoms with E-state index in [1.807, 2.05) is 42.5 Å². The molecule has 1 aliphatic heterocycles. The molecule has 3 aliphatic carbocycles. The highest BCUT2D eigenvalue weighted by atomic mass is 16.6. The Labute approximate surface area is 292 Å². The Kier molecular flexibility index (Phi) is 7.55. The summed E-state index contributed by atoms with van der Waals surface area (Å²) in [5.41, 5.74) is 1.32. The van der Waals surface area contributed by atoms with Crippen molar-refractivity contribution in [2.24, 2.45) is 23.7 Å². The molecule has 0 aromatic heterocycles. The Hall–Kier alpha value is -6.16. The van der Waals surface area contributed by atoms with Crippen LogP contribution in [-0.4, -0.2) is 40.5 Å². The number of ether oxygens (including phenoxy) is 1. The van der Waals surface area contributed by atoms with Gasteiger partial charge in [-0.2, -0.15) is 0 Å². The molecule has 2 fully saturated rings. The van der Waals surface area contributed by atoms with Gasteiger partial charge in [-0.25, -0.2) is 4.90 Å². The number of benzene rings is 4. The normalized spacial score (nSPS) is 26.8. The molecule has 0 spiro atoms. The van der Waals surface area contributed by atoms with E-state index in [1.165, 1.54) is 43.5 Å². The fourth-order valence-electron chi connectivity index (χ4n) is 9.12. The number of ketones is 2. The number of methoxy groups -OCH3 is 1. The summed E-state index contributed by atoms with van der Waals surface area (Å²) in [6.07, 6.45) is 3.70. The molecule has 4 aliphatic rings. The van der Waals surface area contributed by atoms with Gasteiger partial charge >= 0.3 is 0 Å². The lowest BCUT2D eigenvalue weighted by Gasteiger charge is -2.55. The van der Waals surface area contributed by atoms with E-state index in [0.717, 1.165) is 10.5 Å². The lowest BCUT2D eigenvalue weighted by Crippen LogP contribution is -2.58. The molecule has 1 N–H and O–H groups in total. The van der Waals surface area contributed by atoms with Crippen molar-refractivity contribution >= 4 is 40.3 Å². The predicted molar refractivity (Wildman–Crippen MR) is 187 cm³/mol. The number of allylic oxidation sites excluding steroid dienone is 4. The first-order valence-corrected chi connectivity index (χ1v) is 16.8. The van der Waals surface area contributed by atoms with E-state index in [4.69, 9.17) is 4.74 Å². The van der Waals surface area contributed by atoms with E-state index in [0.29, 0.717) is 16.7 Å². The number of amides is 2. The van der Waals surface area contributed by atoms with Gasteiger partial charge in [0.25, 0.3) is 5.69 Å². The molecule has 4 aromatic carbocycles. The molecule has 0 bridgehead atoms. The van der Waals surface area contributed by atoms with Crippen LogP contribution in [0.3, 0.4) is 0 Å². The first-order chi connectivity index (χ1) is 24.7. The number of hydrogen-bond acceptors (Lipinski definition) is 8. The second kappa shape index (κ2) is 12.0. The number of rotatable bonds is 6. The molecule has 2 amide bonds. The number of phenols is 1. The van der Waals surface area contributed by atoms with Crippen LogP contribution in [0.15, 0.2) is 121 Å². The van der Waals surface area contributed by atoms with Crippen LogP contribution >= 0.6 is 0 Å². The van der Waals surface area contributed by atoms with Crippen LogP contribution in [0.1, 0.15) is 35.4 Å². The highest BCUT2D eigenvalue weighted by Gasteiger charge is 2.66. The van der Waals surface area contributed by atoms with E-state index in [9.17, 15) is 24.8 Å². The number of anilines is 1. The molecule has 1 saturated heterocycles. The van der Waals surface area contributed by atoms with Crippen molar-refractivity contribution < 1.29 is 33.9 Å². The van der Waals surface area contributed by atoms with Crippen molar-refractivity contribution in [1.29, 1.82) is 0 Å². The molecule has 10 nitrogen and oxygen atoms in total. The second-order valence-corrected chi connectivity index (χ2v) is 13.5. The average molecular weight is 681 g/mol. The zero-order chi connectivity index (χ0) is 35.6. The Morgan fingerprint density at radius 1 is 0.863 bits per heavy atom. The number of aromatic hydroxyl groups is 1. The van der Waals surface area contributed by atoms with Crippen molar-refractivity contribution in [3.8, 4) is 11.5 Å². The maximum absolute atomic E-state index is 15.1. The number of nitro groups is 1. The summed E-state index contributed by atoms with van der Waals surface area (Å²) >= 11 is 0. The molecular formula is C41H32N2O8. The number of carbonyl (C=O) groups is 4. The van der Waals surface area contributed by atoms with Gasteiger partial charge in [-0.1, -0.05) is 84.4 Å². The molecule has 4 aromatic rings. The summed E-state index contributed by atoms with van der Waals surface area (Å²) < 4.78 is 5.51. The van der Waals surface area contributed by atoms with E-state index in [1.54, 1.807) is 36.4 Å². The third-order valence-corrected chi connectivity index (χ3v) is 11.2. The standard InChI is InChI=1S/C41H32N2O8/c1-51-34-19-24(15-18-33(34)44)37-28-16-17-29-36(40(48)42(39(29)47)26-13-8-14-27(20-26)43(49)50)31(28)21-32-38(46)30(23-9-4-2-5-10-23)22-35(45)41(32,37)25-11-6-3-7-12-25/h2-16,18-20,22,29,31-32,36-37,44H,17,21H2,1H3. The van der Waals surface area contributed by atoms with Crippen LogP contribution in [0, 0.1) is 33.8 Å². The molecule has 1 saturated carbocycles. The number of Topliss-reactive ketones (excluding diaryl/α,β-unsaturated/α-hetero) is 1. The van der Waals surface area contributed by atoms with Gasteiger partial charge in [0, 0.05) is 29.5 Å². The quantitative estimate of drug-likeness (QED) is 0.108. The van der Waals surface area contributed by atoms with Gasteiger partial charge in [0.1, 0.15) is 0 Å². The molecule has 0 radical (unpaired) electrons. The Morgan fingerprint density at radius 3 is 2.29 bits per heavy atom. The zero-order valence-electron chi connectivity index (χ0n) is 27.5. The third-order valence-electron chi connectivity index (χ3n) is 11.2. The summed E-state index contributed by atoms with van der Waals surface area (Å²) in [6.45, 7) is 0. The number of phenolic OH excluding ortho intramolecular Hbond substituents is 1. The highest BCUT2D eigenvalue weighted by molar-refractivity contribution is 6.32. The van der Waals surface area contributed by atoms with E-state index < -0.39 is 51.7 Å². The second-order valence-electron chi connectivity index (χ2n) is 13.5. The maximum Gasteiger partial charge on any atom is 0.271 e. The number of hydrogen-bond donors (Lipinski definition) is 1. The average Bonchev–Trinajstić information content (AvgIpc) is 3.42. The maximum atomic E-state index is 15.1. The first kappa shape index (κ1) is 32.1. The van der Waals surface area contributed by atoms with Crippen LogP contribution in [0.5, 0.6) is 11.5 Å². The molecular weight excluding hydrogens is 648 g/mol. The molecule has 1 heterocycles. The van der Waals surface area contributed by atoms with Crippen LogP contribution in [0.4, 0.5) is 11.4 Å². The fraction of sp³-hybridized carbons (Fsp3) is 0.220. The topological polar surface area (TPSA) is 144 Å². The monoisotopic (exact) mass is 680 g/mol. The van der Waals surface area contributed by atoms with Gasteiger partial charge in [0.2, 0.25) is 11.8 Å². The number of fused-ring (bicyclic) bond motifs is 4. The summed E-state index contributed by atoms with van der Waals surface area (Å²) in [5, 5.41) is 22.2. The highest BCUT2D eigenvalue weighted by Crippen LogP contribution is 2.64. The summed E-state index contributed by atoms with van der Waals surface area (Å²) in [4.78, 5) is 70.7. The van der Waals surface area contributed by atoms with Gasteiger partial charge in [-0.15, -0.1) is 0 Å². The van der Waals surface area contributed by atoms with Gasteiger partial charge in [-0.05, 0) is 59.7 Å². The first-order valence-electron chi connectivity index (χ1n) is 16.8. The number of carbonyl (C=O) groups excluding carboxylic acids is 4. The van der Waals surface area contributed by atoms with Crippen molar-refractivity contribution in [2.75, 3.05) is 12.0 Å². The van der Waals surface area contributed by atoms with Crippen molar-refractivity contribution in [2.45, 2.75) is 24.2 Å². The van der Waals surface area contributed by atoms with Crippen LogP contribution < -0.4 is 9.64 Å². The molecule has 51 heavy (non-hydrogen) atoms. The van der Waals surface area contributed by atoms with Crippen molar-refractivity contribution in [3.63, 3.8) is 0 Å². The lowest BCUT2D eigenvalue weighted by atomic mass is 9.44. The van der Waals surface area contributed by atoms with Crippen LogP contribution in [0.25, 0.3) is 5.57 Å². The lowest BCUT2D eigenvalue weighted by molar-refractivity contribution is -0.384. The van der Waals surface area contributed by atoms with E-state index in [-0.39, 0.29) is 52.9 Å². The Balaban J connectivity index is 1.35. The minimum absolute atomic E-state index is 0.0990. The number of nitro benzene ring substituents is 1. The molecule has 254 valence electrons. The SMILES string of the molecule is COc1cc(C2C3=CCC4C(=O)N(c5cccc([N+](=O)[O-])c5)C(=O)C4C3CC3C(=O)C(c4ccccc4)=CC(=O)C32c2ccccc2)ccc1O. The number of nitrogens with zero attached hydrogens (tertiary/aromatic N) is 2.